The van der Waals surface area contributed by atoms with E-state index in [9.17, 15) is 4.79 Å². The molecule has 2 heterocycles. The van der Waals surface area contributed by atoms with E-state index in [0.717, 1.165) is 22.2 Å². The minimum Gasteiger partial charge on any atom is -0.439 e. The number of nitrogens with one attached hydrogen (secondary N) is 1. The van der Waals surface area contributed by atoms with E-state index in [0.29, 0.717) is 5.75 Å². The summed E-state index contributed by atoms with van der Waals surface area (Å²) in [4.78, 5) is 20.4. The fourth-order valence-electron chi connectivity index (χ4n) is 2.84. The first-order chi connectivity index (χ1) is 13.6. The predicted octanol–water partition coefficient (Wildman–Crippen LogP) is 4.48. The zero-order valence-corrected chi connectivity index (χ0v) is 15.0. The Morgan fingerprint density at radius 3 is 2.89 bits per heavy atom. The molecule has 4 aromatic rings. The summed E-state index contributed by atoms with van der Waals surface area (Å²) in [6, 6.07) is 18.0. The first kappa shape index (κ1) is 17.2. The highest BCUT2D eigenvalue weighted by atomic mass is 16.5. The van der Waals surface area contributed by atoms with Gasteiger partial charge in [0.05, 0.1) is 5.52 Å². The van der Waals surface area contributed by atoms with Crippen LogP contribution < -0.4 is 10.1 Å². The van der Waals surface area contributed by atoms with E-state index >= 15 is 0 Å². The number of aryl methyl sites for hydroxylation is 1. The number of aromatic nitrogens is 3. The lowest BCUT2D eigenvalue weighted by molar-refractivity contribution is 0.254. The first-order valence-corrected chi connectivity index (χ1v) is 8.52. The van der Waals surface area contributed by atoms with Crippen LogP contribution in [0.5, 0.6) is 11.6 Å². The van der Waals surface area contributed by atoms with E-state index in [1.54, 1.807) is 35.0 Å². The molecule has 136 valence electrons. The van der Waals surface area contributed by atoms with Crippen LogP contribution in [0, 0.1) is 18.3 Å². The van der Waals surface area contributed by atoms with Crippen LogP contribution in [-0.4, -0.2) is 20.6 Å². The molecule has 28 heavy (non-hydrogen) atoms. The third-order valence-corrected chi connectivity index (χ3v) is 4.10. The van der Waals surface area contributed by atoms with Gasteiger partial charge in [-0.2, -0.15) is 10.2 Å². The lowest BCUT2D eigenvalue weighted by Gasteiger charge is -2.09. The maximum Gasteiger partial charge on any atom is 0.330 e. The van der Waals surface area contributed by atoms with Crippen LogP contribution in [0.25, 0.3) is 10.9 Å². The molecular formula is C21H15N5O2. The molecule has 0 saturated heterocycles. The number of anilines is 1. The van der Waals surface area contributed by atoms with E-state index < -0.39 is 0 Å². The quantitative estimate of drug-likeness (QED) is 0.574. The number of nitrogens with zero attached hydrogens (tertiary/aromatic N) is 4. The summed E-state index contributed by atoms with van der Waals surface area (Å²) in [5.41, 5.74) is 2.56. The van der Waals surface area contributed by atoms with Gasteiger partial charge in [0.2, 0.25) is 11.7 Å². The van der Waals surface area contributed by atoms with Gasteiger partial charge in [0.1, 0.15) is 11.8 Å². The van der Waals surface area contributed by atoms with Crippen LogP contribution in [0.1, 0.15) is 11.4 Å². The molecule has 7 heteroatoms. The Hall–Kier alpha value is -4.18. The molecule has 0 atom stereocenters. The van der Waals surface area contributed by atoms with Gasteiger partial charge in [-0.05, 0) is 48.9 Å². The third-order valence-electron chi connectivity index (χ3n) is 4.10. The normalized spacial score (nSPS) is 10.4. The smallest absolute Gasteiger partial charge is 0.330 e. The number of ether oxygens (including phenoxy) is 1. The summed E-state index contributed by atoms with van der Waals surface area (Å²) in [6.07, 6.45) is 3.17. The van der Waals surface area contributed by atoms with Crippen molar-refractivity contribution in [3.8, 4) is 17.7 Å². The van der Waals surface area contributed by atoms with Crippen molar-refractivity contribution in [2.45, 2.75) is 6.92 Å². The van der Waals surface area contributed by atoms with Crippen molar-refractivity contribution in [2.24, 2.45) is 0 Å². The molecule has 0 bridgehead atoms. The molecule has 0 radical (unpaired) electrons. The van der Waals surface area contributed by atoms with Crippen LogP contribution in [0.4, 0.5) is 10.5 Å². The molecule has 2 aromatic carbocycles. The summed E-state index contributed by atoms with van der Waals surface area (Å²) < 4.78 is 7.24. The molecule has 1 amide bonds. The molecule has 7 nitrogen and oxygen atoms in total. The molecule has 0 fully saturated rings. The second-order valence-corrected chi connectivity index (χ2v) is 6.14. The maximum atomic E-state index is 12.6. The van der Waals surface area contributed by atoms with E-state index in [1.165, 1.54) is 6.20 Å². The Morgan fingerprint density at radius 2 is 2.07 bits per heavy atom. The van der Waals surface area contributed by atoms with Gasteiger partial charge >= 0.3 is 6.03 Å². The number of nitriles is 1. The van der Waals surface area contributed by atoms with Gasteiger partial charge in [0, 0.05) is 29.5 Å². The number of benzene rings is 2. The van der Waals surface area contributed by atoms with E-state index in [1.807, 2.05) is 43.3 Å². The summed E-state index contributed by atoms with van der Waals surface area (Å²) in [7, 11) is 0. The third kappa shape index (κ3) is 3.52. The molecule has 4 rings (SSSR count). The fourth-order valence-corrected chi connectivity index (χ4v) is 2.84. The van der Waals surface area contributed by atoms with Gasteiger partial charge in [-0.25, -0.2) is 9.78 Å². The number of carbonyl (C=O) groups excluding carboxylic acids is 1. The molecule has 0 spiro atoms. The van der Waals surface area contributed by atoms with E-state index in [-0.39, 0.29) is 17.7 Å². The Morgan fingerprint density at radius 1 is 1.18 bits per heavy atom. The van der Waals surface area contributed by atoms with Crippen molar-refractivity contribution in [3.05, 3.63) is 78.4 Å². The van der Waals surface area contributed by atoms with Crippen molar-refractivity contribution in [2.75, 3.05) is 5.32 Å². The molecule has 0 aliphatic heterocycles. The van der Waals surface area contributed by atoms with Gasteiger partial charge in [0.25, 0.3) is 0 Å². The van der Waals surface area contributed by atoms with E-state index in [4.69, 9.17) is 10.00 Å². The highest BCUT2D eigenvalue weighted by Crippen LogP contribution is 2.25. The average Bonchev–Trinajstić information content (AvgIpc) is 3.11. The standard InChI is InChI=1S/C21H15N5O2/c1-14-3-2-4-16(11-14)24-21(27)26-10-8-15-12-17(5-6-18(15)26)28-20-7-9-23-19(13-22)25-20/h2-12H,1H3,(H,24,27). The minimum atomic E-state index is -0.247. The highest BCUT2D eigenvalue weighted by Gasteiger charge is 2.11. The molecule has 1 N–H and O–H groups in total. The van der Waals surface area contributed by atoms with Crippen LogP contribution in [0.15, 0.2) is 67.0 Å². The van der Waals surface area contributed by atoms with Crippen molar-refractivity contribution < 1.29 is 9.53 Å². The number of hydrogen-bond acceptors (Lipinski definition) is 5. The van der Waals surface area contributed by atoms with Gasteiger partial charge in [-0.3, -0.25) is 4.57 Å². The molecule has 0 saturated carbocycles. The zero-order valence-electron chi connectivity index (χ0n) is 15.0. The molecule has 0 aliphatic carbocycles. The Bertz CT molecular complexity index is 1220. The fraction of sp³-hybridized carbons (Fsp3) is 0.0476. The molecular weight excluding hydrogens is 354 g/mol. The SMILES string of the molecule is Cc1cccc(NC(=O)n2ccc3cc(Oc4ccnc(C#N)n4)ccc32)c1. The lowest BCUT2D eigenvalue weighted by Crippen LogP contribution is -2.18. The first-order valence-electron chi connectivity index (χ1n) is 8.52. The number of hydrogen-bond donors (Lipinski definition) is 1. The predicted molar refractivity (Wildman–Crippen MR) is 104 cm³/mol. The van der Waals surface area contributed by atoms with Crippen LogP contribution in [0.3, 0.4) is 0 Å². The van der Waals surface area contributed by atoms with Crippen LogP contribution in [-0.2, 0) is 0 Å². The van der Waals surface area contributed by atoms with Gasteiger partial charge in [0.15, 0.2) is 0 Å². The molecule has 0 aliphatic rings. The Kier molecular flexibility index (Phi) is 4.44. The van der Waals surface area contributed by atoms with Crippen molar-refractivity contribution in [1.29, 1.82) is 5.26 Å². The largest absolute Gasteiger partial charge is 0.439 e. The van der Waals surface area contributed by atoms with Crippen LogP contribution in [0.2, 0.25) is 0 Å². The number of carbonyl (C=O) groups is 1. The average molecular weight is 369 g/mol. The molecule has 2 aromatic heterocycles. The summed E-state index contributed by atoms with van der Waals surface area (Å²) >= 11 is 0. The second-order valence-electron chi connectivity index (χ2n) is 6.14. The van der Waals surface area contributed by atoms with Crippen molar-refractivity contribution in [1.82, 2.24) is 14.5 Å². The van der Waals surface area contributed by atoms with Gasteiger partial charge in [-0.1, -0.05) is 12.1 Å². The summed E-state index contributed by atoms with van der Waals surface area (Å²) in [5, 5.41) is 12.6. The zero-order chi connectivity index (χ0) is 19.5. The number of rotatable bonds is 3. The number of fused-ring (bicyclic) bond motifs is 1. The van der Waals surface area contributed by atoms with Gasteiger partial charge < -0.3 is 10.1 Å². The monoisotopic (exact) mass is 369 g/mol. The molecule has 0 unspecified atom stereocenters. The summed E-state index contributed by atoms with van der Waals surface area (Å²) in [6.45, 7) is 1.97. The summed E-state index contributed by atoms with van der Waals surface area (Å²) in [5.74, 6) is 0.868. The maximum absolute atomic E-state index is 12.6. The lowest BCUT2D eigenvalue weighted by atomic mass is 10.2. The Labute approximate surface area is 160 Å². The van der Waals surface area contributed by atoms with E-state index in [2.05, 4.69) is 15.3 Å². The Balaban J connectivity index is 1.57. The van der Waals surface area contributed by atoms with Crippen molar-refractivity contribution >= 4 is 22.6 Å². The number of amides is 1. The minimum absolute atomic E-state index is 0.0394. The van der Waals surface area contributed by atoms with Crippen LogP contribution >= 0.6 is 0 Å². The topological polar surface area (TPSA) is 92.8 Å². The highest BCUT2D eigenvalue weighted by molar-refractivity contribution is 5.98. The van der Waals surface area contributed by atoms with Gasteiger partial charge in [-0.15, -0.1) is 0 Å². The van der Waals surface area contributed by atoms with Crippen molar-refractivity contribution in [3.63, 3.8) is 0 Å². The second kappa shape index (κ2) is 7.21.